The van der Waals surface area contributed by atoms with Crippen LogP contribution in [0.15, 0.2) is 72.3 Å². The molecule has 0 aromatic heterocycles. The molecular weight excluding hydrogens is 256 g/mol. The Morgan fingerprint density at radius 3 is 2.14 bits per heavy atom. The summed E-state index contributed by atoms with van der Waals surface area (Å²) >= 11 is 0. The van der Waals surface area contributed by atoms with Crippen molar-refractivity contribution < 1.29 is 4.79 Å². The highest BCUT2D eigenvalue weighted by Crippen LogP contribution is 2.30. The van der Waals surface area contributed by atoms with E-state index in [-0.39, 0.29) is 0 Å². The fraction of sp³-hybridized carbons (Fsp3) is 0.150. The first-order valence-electron chi connectivity index (χ1n) is 7.39. The maximum absolute atomic E-state index is 12.1. The van der Waals surface area contributed by atoms with Crippen LogP contribution in [-0.4, -0.2) is 5.78 Å². The van der Waals surface area contributed by atoms with Gasteiger partial charge in [0.1, 0.15) is 0 Å². The smallest absolute Gasteiger partial charge is 0.159 e. The van der Waals surface area contributed by atoms with Crippen LogP contribution in [0.25, 0.3) is 11.6 Å². The molecule has 1 nitrogen and oxygen atoms in total. The average Bonchev–Trinajstić information content (AvgIpc) is 2.96. The molecule has 0 amide bonds. The summed E-state index contributed by atoms with van der Waals surface area (Å²) in [4.78, 5) is 12.1. The number of hydrogen-bond acceptors (Lipinski definition) is 1. The third kappa shape index (κ3) is 3.19. The van der Waals surface area contributed by atoms with Crippen LogP contribution < -0.4 is 0 Å². The van der Waals surface area contributed by atoms with Gasteiger partial charge in [0.05, 0.1) is 0 Å². The van der Waals surface area contributed by atoms with Crippen molar-refractivity contribution in [3.8, 4) is 0 Å². The van der Waals surface area contributed by atoms with Crippen molar-refractivity contribution in [2.45, 2.75) is 19.3 Å². The highest BCUT2D eigenvalue weighted by atomic mass is 16.1. The zero-order chi connectivity index (χ0) is 14.5. The summed E-state index contributed by atoms with van der Waals surface area (Å²) in [7, 11) is 0. The number of benzene rings is 2. The SMILES string of the molecule is O=C1CCC/C1=C(/C=C/c1ccccc1)c1ccccc1. The number of rotatable bonds is 3. The third-order valence-corrected chi connectivity index (χ3v) is 3.82. The first kappa shape index (κ1) is 13.6. The zero-order valence-electron chi connectivity index (χ0n) is 12.0. The predicted octanol–water partition coefficient (Wildman–Crippen LogP) is 4.91. The second-order valence-electron chi connectivity index (χ2n) is 5.28. The standard InChI is InChI=1S/C20H18O/c21-20-13-7-12-19(20)18(17-10-5-2-6-11-17)15-14-16-8-3-1-4-9-16/h1-6,8-11,14-15H,7,12-13H2/b15-14+,19-18+. The Morgan fingerprint density at radius 1 is 0.857 bits per heavy atom. The van der Waals surface area contributed by atoms with Crippen LogP contribution in [0, 0.1) is 0 Å². The van der Waals surface area contributed by atoms with Gasteiger partial charge in [-0.05, 0) is 29.5 Å². The van der Waals surface area contributed by atoms with Gasteiger partial charge in [0.25, 0.3) is 0 Å². The first-order chi connectivity index (χ1) is 10.3. The van der Waals surface area contributed by atoms with Crippen LogP contribution in [0.4, 0.5) is 0 Å². The monoisotopic (exact) mass is 274 g/mol. The lowest BCUT2D eigenvalue weighted by Crippen LogP contribution is -1.96. The van der Waals surface area contributed by atoms with Crippen LogP contribution in [-0.2, 0) is 4.79 Å². The lowest BCUT2D eigenvalue weighted by atomic mass is 9.97. The molecule has 0 heterocycles. The van der Waals surface area contributed by atoms with Gasteiger partial charge in [-0.1, -0.05) is 72.8 Å². The van der Waals surface area contributed by atoms with Gasteiger partial charge in [-0.15, -0.1) is 0 Å². The Kier molecular flexibility index (Phi) is 4.11. The van der Waals surface area contributed by atoms with E-state index in [0.29, 0.717) is 12.2 Å². The summed E-state index contributed by atoms with van der Waals surface area (Å²) < 4.78 is 0. The summed E-state index contributed by atoms with van der Waals surface area (Å²) in [6.45, 7) is 0. The minimum Gasteiger partial charge on any atom is -0.295 e. The summed E-state index contributed by atoms with van der Waals surface area (Å²) in [6, 6.07) is 20.4. The number of carbonyl (C=O) groups is 1. The molecule has 2 aromatic rings. The highest BCUT2D eigenvalue weighted by molar-refractivity contribution is 6.06. The number of ketones is 1. The Morgan fingerprint density at radius 2 is 1.52 bits per heavy atom. The molecule has 0 unspecified atom stereocenters. The van der Waals surface area contributed by atoms with E-state index in [2.05, 4.69) is 36.4 Å². The van der Waals surface area contributed by atoms with Crippen molar-refractivity contribution in [2.75, 3.05) is 0 Å². The molecule has 1 fully saturated rings. The molecule has 0 atom stereocenters. The van der Waals surface area contributed by atoms with E-state index >= 15 is 0 Å². The Labute approximate surface area is 125 Å². The number of allylic oxidation sites excluding steroid dienone is 3. The number of carbonyl (C=O) groups excluding carboxylic acids is 1. The van der Waals surface area contributed by atoms with Crippen LogP contribution >= 0.6 is 0 Å². The van der Waals surface area contributed by atoms with E-state index in [0.717, 1.165) is 35.1 Å². The van der Waals surface area contributed by atoms with Crippen molar-refractivity contribution in [3.05, 3.63) is 83.4 Å². The average molecular weight is 274 g/mol. The summed E-state index contributed by atoms with van der Waals surface area (Å²) in [6.07, 6.45) is 6.72. The van der Waals surface area contributed by atoms with Crippen LogP contribution in [0.3, 0.4) is 0 Å². The predicted molar refractivity (Wildman–Crippen MR) is 87.7 cm³/mol. The molecule has 0 N–H and O–H groups in total. The lowest BCUT2D eigenvalue weighted by molar-refractivity contribution is -0.114. The minimum absolute atomic E-state index is 0.298. The first-order valence-corrected chi connectivity index (χ1v) is 7.39. The van der Waals surface area contributed by atoms with Gasteiger partial charge in [0.15, 0.2) is 5.78 Å². The Hall–Kier alpha value is -2.41. The van der Waals surface area contributed by atoms with E-state index in [4.69, 9.17) is 0 Å². The van der Waals surface area contributed by atoms with Gasteiger partial charge in [0, 0.05) is 12.0 Å². The molecule has 0 saturated heterocycles. The van der Waals surface area contributed by atoms with E-state index in [9.17, 15) is 4.79 Å². The topological polar surface area (TPSA) is 17.1 Å². The third-order valence-electron chi connectivity index (χ3n) is 3.82. The molecule has 3 rings (SSSR count). The summed E-state index contributed by atoms with van der Waals surface area (Å²) in [5.41, 5.74) is 4.32. The maximum Gasteiger partial charge on any atom is 0.159 e. The van der Waals surface area contributed by atoms with Gasteiger partial charge in [-0.3, -0.25) is 4.79 Å². The maximum atomic E-state index is 12.1. The van der Waals surface area contributed by atoms with Crippen molar-refractivity contribution in [2.24, 2.45) is 0 Å². The van der Waals surface area contributed by atoms with Gasteiger partial charge in [-0.2, -0.15) is 0 Å². The molecule has 104 valence electrons. The van der Waals surface area contributed by atoms with Crippen molar-refractivity contribution in [3.63, 3.8) is 0 Å². The van der Waals surface area contributed by atoms with Crippen molar-refractivity contribution in [1.82, 2.24) is 0 Å². The van der Waals surface area contributed by atoms with Crippen molar-refractivity contribution in [1.29, 1.82) is 0 Å². The molecule has 1 aliphatic carbocycles. The van der Waals surface area contributed by atoms with E-state index < -0.39 is 0 Å². The second-order valence-corrected chi connectivity index (χ2v) is 5.28. The quantitative estimate of drug-likeness (QED) is 0.727. The fourth-order valence-electron chi connectivity index (χ4n) is 2.73. The van der Waals surface area contributed by atoms with E-state index in [1.54, 1.807) is 0 Å². The molecule has 0 radical (unpaired) electrons. The molecule has 1 saturated carbocycles. The normalized spacial score (nSPS) is 17.4. The molecule has 1 aliphatic rings. The van der Waals surface area contributed by atoms with Gasteiger partial charge < -0.3 is 0 Å². The molecule has 0 aliphatic heterocycles. The van der Waals surface area contributed by atoms with Gasteiger partial charge >= 0.3 is 0 Å². The Bertz CT molecular complexity index is 678. The van der Waals surface area contributed by atoms with Crippen LogP contribution in [0.5, 0.6) is 0 Å². The molecule has 1 heteroatoms. The van der Waals surface area contributed by atoms with Gasteiger partial charge in [-0.25, -0.2) is 0 Å². The largest absolute Gasteiger partial charge is 0.295 e. The van der Waals surface area contributed by atoms with Crippen LogP contribution in [0.1, 0.15) is 30.4 Å². The highest BCUT2D eigenvalue weighted by Gasteiger charge is 2.20. The zero-order valence-corrected chi connectivity index (χ0v) is 12.0. The molecule has 2 aromatic carbocycles. The molecule has 21 heavy (non-hydrogen) atoms. The molecular formula is C20H18O. The Balaban J connectivity index is 2.02. The molecule has 0 spiro atoms. The number of Topliss-reactive ketones (excluding diaryl/α,β-unsaturated/α-hetero) is 1. The lowest BCUT2D eigenvalue weighted by Gasteiger charge is -2.07. The fourth-order valence-corrected chi connectivity index (χ4v) is 2.73. The van der Waals surface area contributed by atoms with Crippen LogP contribution in [0.2, 0.25) is 0 Å². The van der Waals surface area contributed by atoms with E-state index in [1.807, 2.05) is 36.4 Å². The van der Waals surface area contributed by atoms with E-state index in [1.165, 1.54) is 0 Å². The molecule has 0 bridgehead atoms. The summed E-state index contributed by atoms with van der Waals surface area (Å²) in [5, 5.41) is 0. The summed E-state index contributed by atoms with van der Waals surface area (Å²) in [5.74, 6) is 0.298. The number of hydrogen-bond donors (Lipinski definition) is 0. The second kappa shape index (κ2) is 6.36. The van der Waals surface area contributed by atoms with Crippen molar-refractivity contribution >= 4 is 17.4 Å². The van der Waals surface area contributed by atoms with Gasteiger partial charge in [0.2, 0.25) is 0 Å². The minimum atomic E-state index is 0.298.